The second-order valence-corrected chi connectivity index (χ2v) is 5.84. The number of benzene rings is 1. The van der Waals surface area contributed by atoms with Gasteiger partial charge < -0.3 is 0 Å². The Hall–Kier alpha value is -1.84. The van der Waals surface area contributed by atoms with Crippen molar-refractivity contribution in [1.82, 2.24) is 4.98 Å². The monoisotopic (exact) mass is 291 g/mol. The van der Waals surface area contributed by atoms with Crippen LogP contribution >= 0.6 is 0 Å². The van der Waals surface area contributed by atoms with Crippen molar-refractivity contribution >= 4 is 46.8 Å². The summed E-state index contributed by atoms with van der Waals surface area (Å²) in [5.74, 6) is -0.440. The Balaban J connectivity index is 2.44. The van der Waals surface area contributed by atoms with Crippen molar-refractivity contribution in [2.45, 2.75) is 0 Å². The number of hydrogen-bond donors (Lipinski definition) is 2. The fraction of sp³-hybridized carbons (Fsp3) is 0. The molecule has 1 aromatic carbocycles. The van der Waals surface area contributed by atoms with Gasteiger partial charge in [-0.3, -0.25) is 0 Å². The molecule has 5 heteroatoms. The zero-order valence-electron chi connectivity index (χ0n) is 8.81. The van der Waals surface area contributed by atoms with Gasteiger partial charge in [0.2, 0.25) is 0 Å². The summed E-state index contributed by atoms with van der Waals surface area (Å²) in [6.45, 7) is 0. The van der Waals surface area contributed by atoms with Crippen LogP contribution in [0.25, 0.3) is 20.7 Å². The van der Waals surface area contributed by atoms with E-state index in [0.717, 1.165) is 20.7 Å². The van der Waals surface area contributed by atoms with E-state index >= 15 is 0 Å². The van der Waals surface area contributed by atoms with Crippen LogP contribution in [0.3, 0.4) is 0 Å². The van der Waals surface area contributed by atoms with Crippen LogP contribution < -0.4 is 11.5 Å². The van der Waals surface area contributed by atoms with Gasteiger partial charge in [0.05, 0.1) is 0 Å². The van der Waals surface area contributed by atoms with E-state index in [9.17, 15) is 4.79 Å². The molecule has 2 heterocycles. The summed E-state index contributed by atoms with van der Waals surface area (Å²) < 4.78 is 1.41. The fourth-order valence-electron chi connectivity index (χ4n) is 1.83. The Kier molecular flexibility index (Phi) is 2.18. The number of anilines is 1. The van der Waals surface area contributed by atoms with Gasteiger partial charge in [0, 0.05) is 0 Å². The third-order valence-corrected chi connectivity index (χ3v) is 5.02. The Morgan fingerprint density at radius 3 is 2.82 bits per heavy atom. The van der Waals surface area contributed by atoms with Gasteiger partial charge in [-0.1, -0.05) is 0 Å². The SMILES string of the molecule is NC(=O)c1[se]c2nc3ccccc3cc2c1N. The van der Waals surface area contributed by atoms with E-state index in [0.29, 0.717) is 10.1 Å². The molecule has 0 fully saturated rings. The van der Waals surface area contributed by atoms with Crippen LogP contribution in [0.5, 0.6) is 0 Å². The number of pyridine rings is 1. The van der Waals surface area contributed by atoms with Crippen molar-refractivity contribution < 1.29 is 4.79 Å². The van der Waals surface area contributed by atoms with E-state index in [2.05, 4.69) is 4.98 Å². The zero-order valence-corrected chi connectivity index (χ0v) is 10.5. The molecule has 0 unspecified atom stereocenters. The van der Waals surface area contributed by atoms with Crippen LogP contribution in [0.1, 0.15) is 9.23 Å². The molecule has 4 N–H and O–H groups in total. The first-order valence-electron chi connectivity index (χ1n) is 5.04. The molecular weight excluding hydrogens is 281 g/mol. The average molecular weight is 290 g/mol. The first-order chi connectivity index (χ1) is 8.16. The first kappa shape index (κ1) is 10.3. The minimum absolute atomic E-state index is 0.171. The predicted molar refractivity (Wildman–Crippen MR) is 69.1 cm³/mol. The van der Waals surface area contributed by atoms with E-state index in [1.807, 2.05) is 30.3 Å². The van der Waals surface area contributed by atoms with Crippen molar-refractivity contribution in [3.63, 3.8) is 0 Å². The van der Waals surface area contributed by atoms with Gasteiger partial charge in [0.1, 0.15) is 0 Å². The second-order valence-electron chi connectivity index (χ2n) is 3.74. The van der Waals surface area contributed by atoms with Crippen molar-refractivity contribution in [2.24, 2.45) is 5.73 Å². The molecule has 0 radical (unpaired) electrons. The number of aromatic nitrogens is 1. The van der Waals surface area contributed by atoms with Crippen LogP contribution in [-0.2, 0) is 0 Å². The Morgan fingerprint density at radius 2 is 2.06 bits per heavy atom. The van der Waals surface area contributed by atoms with Crippen LogP contribution in [0, 0.1) is 0 Å². The van der Waals surface area contributed by atoms with Crippen LogP contribution in [0.4, 0.5) is 5.69 Å². The number of nitrogens with zero attached hydrogens (tertiary/aromatic N) is 1. The van der Waals surface area contributed by atoms with E-state index in [-0.39, 0.29) is 14.5 Å². The standard InChI is InChI=1S/C12H9N3OSe/c13-9-7-5-6-3-1-2-4-8(6)15-12(7)17-10(9)11(14)16/h1-5H,13H2,(H2,14,16). The van der Waals surface area contributed by atoms with Crippen LogP contribution in [0.2, 0.25) is 0 Å². The fourth-order valence-corrected chi connectivity index (χ4v) is 3.79. The van der Waals surface area contributed by atoms with Gasteiger partial charge >= 0.3 is 103 Å². The first-order valence-corrected chi connectivity index (χ1v) is 6.75. The van der Waals surface area contributed by atoms with E-state index in [1.54, 1.807) is 0 Å². The third-order valence-electron chi connectivity index (χ3n) is 2.65. The maximum atomic E-state index is 11.2. The van der Waals surface area contributed by atoms with Gasteiger partial charge in [-0.2, -0.15) is 0 Å². The molecule has 17 heavy (non-hydrogen) atoms. The second kappa shape index (κ2) is 3.58. The number of amides is 1. The summed E-state index contributed by atoms with van der Waals surface area (Å²) in [7, 11) is 0. The summed E-state index contributed by atoms with van der Waals surface area (Å²) in [6, 6.07) is 9.79. The molecule has 0 aliphatic heterocycles. The van der Waals surface area contributed by atoms with Crippen molar-refractivity contribution in [2.75, 3.05) is 5.73 Å². The number of carbonyl (C=O) groups excluding carboxylic acids is 1. The third kappa shape index (κ3) is 1.52. The molecule has 0 aliphatic rings. The molecule has 0 saturated heterocycles. The molecule has 0 saturated carbocycles. The van der Waals surface area contributed by atoms with Gasteiger partial charge in [-0.15, -0.1) is 0 Å². The van der Waals surface area contributed by atoms with Crippen molar-refractivity contribution in [3.8, 4) is 0 Å². The summed E-state index contributed by atoms with van der Waals surface area (Å²) in [5.41, 5.74) is 12.7. The number of para-hydroxylation sites is 1. The van der Waals surface area contributed by atoms with E-state index < -0.39 is 5.91 Å². The van der Waals surface area contributed by atoms with Crippen molar-refractivity contribution in [1.29, 1.82) is 0 Å². The molecular formula is C12H9N3OSe. The van der Waals surface area contributed by atoms with E-state index in [1.165, 1.54) is 0 Å². The zero-order chi connectivity index (χ0) is 12.0. The molecule has 1 amide bonds. The molecule has 3 aromatic rings. The summed E-state index contributed by atoms with van der Waals surface area (Å²) >= 11 is -0.171. The number of nitrogen functional groups attached to an aromatic ring is 1. The summed E-state index contributed by atoms with van der Waals surface area (Å²) in [5, 5.41) is 1.88. The molecule has 84 valence electrons. The maximum absolute atomic E-state index is 11.2. The van der Waals surface area contributed by atoms with Gasteiger partial charge in [-0.05, 0) is 0 Å². The van der Waals surface area contributed by atoms with E-state index in [4.69, 9.17) is 11.5 Å². The summed E-state index contributed by atoms with van der Waals surface area (Å²) in [6.07, 6.45) is 0. The molecule has 0 bridgehead atoms. The van der Waals surface area contributed by atoms with Gasteiger partial charge in [-0.25, -0.2) is 0 Å². The molecule has 0 aliphatic carbocycles. The number of carbonyl (C=O) groups is 1. The number of nitrogens with two attached hydrogens (primary N) is 2. The van der Waals surface area contributed by atoms with Gasteiger partial charge in [0.15, 0.2) is 0 Å². The van der Waals surface area contributed by atoms with Crippen LogP contribution in [-0.4, -0.2) is 25.4 Å². The normalized spacial score (nSPS) is 11.1. The van der Waals surface area contributed by atoms with Gasteiger partial charge in [0.25, 0.3) is 0 Å². The molecule has 3 rings (SSSR count). The molecule has 2 aromatic heterocycles. The number of fused-ring (bicyclic) bond motifs is 2. The molecule has 4 nitrogen and oxygen atoms in total. The average Bonchev–Trinajstić information content (AvgIpc) is 2.64. The van der Waals surface area contributed by atoms with Crippen molar-refractivity contribution in [3.05, 3.63) is 34.8 Å². The van der Waals surface area contributed by atoms with Crippen LogP contribution in [0.15, 0.2) is 30.3 Å². The minimum atomic E-state index is -0.440. The number of hydrogen-bond acceptors (Lipinski definition) is 3. The quantitative estimate of drug-likeness (QED) is 0.659. The molecule has 0 spiro atoms. The molecule has 0 atom stereocenters. The number of primary amides is 1. The Bertz CT molecular complexity index is 748. The topological polar surface area (TPSA) is 82.0 Å². The predicted octanol–water partition coefficient (Wildman–Crippen LogP) is 1.13. The Morgan fingerprint density at radius 1 is 1.29 bits per heavy atom. The number of rotatable bonds is 1. The Labute approximate surface area is 103 Å². The summed E-state index contributed by atoms with van der Waals surface area (Å²) in [4.78, 5) is 15.8.